The zero-order valence-corrected chi connectivity index (χ0v) is 11.3. The van der Waals surface area contributed by atoms with Gasteiger partial charge in [0.15, 0.2) is 0 Å². The predicted molar refractivity (Wildman–Crippen MR) is 75.6 cm³/mol. The summed E-state index contributed by atoms with van der Waals surface area (Å²) in [4.78, 5) is 23.0. The molecular weight excluding hydrogens is 254 g/mol. The maximum absolute atomic E-state index is 12.1. The first kappa shape index (κ1) is 13.2. The first-order chi connectivity index (χ1) is 9.61. The Morgan fingerprint density at radius 1 is 1.25 bits per heavy atom. The van der Waals surface area contributed by atoms with Gasteiger partial charge in [0.1, 0.15) is 0 Å². The third-order valence-electron chi connectivity index (χ3n) is 4.73. The molecule has 2 aliphatic rings. The number of rotatable bonds is 4. The number of anilines is 1. The molecule has 3 rings (SSSR count). The summed E-state index contributed by atoms with van der Waals surface area (Å²) in [5.41, 5.74) is 0.765. The molecule has 2 saturated carbocycles. The highest BCUT2D eigenvalue weighted by molar-refractivity contribution is 5.93. The topological polar surface area (TPSA) is 66.4 Å². The van der Waals surface area contributed by atoms with E-state index < -0.39 is 5.97 Å². The van der Waals surface area contributed by atoms with E-state index >= 15 is 0 Å². The SMILES string of the molecule is O=C(CC1CC2CCC1C2)Nc1cccc(C(=O)O)c1. The van der Waals surface area contributed by atoms with Crippen molar-refractivity contribution in [1.82, 2.24) is 0 Å². The van der Waals surface area contributed by atoms with Gasteiger partial charge < -0.3 is 10.4 Å². The van der Waals surface area contributed by atoms with Crippen LogP contribution in [0.3, 0.4) is 0 Å². The van der Waals surface area contributed by atoms with E-state index in [1.54, 1.807) is 12.1 Å². The highest BCUT2D eigenvalue weighted by atomic mass is 16.4. The van der Waals surface area contributed by atoms with Crippen LogP contribution < -0.4 is 5.32 Å². The lowest BCUT2D eigenvalue weighted by Gasteiger charge is -2.20. The summed E-state index contributed by atoms with van der Waals surface area (Å²) in [6, 6.07) is 6.40. The second-order valence-corrected chi connectivity index (χ2v) is 6.07. The average Bonchev–Trinajstić information content (AvgIpc) is 3.01. The number of carboxylic acid groups (broad SMARTS) is 1. The first-order valence-corrected chi connectivity index (χ1v) is 7.25. The number of hydrogen-bond donors (Lipinski definition) is 2. The maximum Gasteiger partial charge on any atom is 0.335 e. The number of hydrogen-bond acceptors (Lipinski definition) is 2. The highest BCUT2D eigenvalue weighted by Gasteiger charge is 2.40. The number of carbonyl (C=O) groups excluding carboxylic acids is 1. The molecule has 2 N–H and O–H groups in total. The number of nitrogens with one attached hydrogen (secondary N) is 1. The van der Waals surface area contributed by atoms with Gasteiger partial charge >= 0.3 is 5.97 Å². The number of fused-ring (bicyclic) bond motifs is 2. The normalized spacial score (nSPS) is 27.5. The molecule has 3 atom stereocenters. The van der Waals surface area contributed by atoms with E-state index in [-0.39, 0.29) is 11.5 Å². The van der Waals surface area contributed by atoms with E-state index in [1.807, 2.05) is 0 Å². The molecule has 0 aromatic heterocycles. The number of benzene rings is 1. The second-order valence-electron chi connectivity index (χ2n) is 6.07. The fourth-order valence-corrected chi connectivity index (χ4v) is 3.81. The number of carboxylic acids is 1. The molecule has 1 aromatic carbocycles. The van der Waals surface area contributed by atoms with Crippen LogP contribution in [0.25, 0.3) is 0 Å². The summed E-state index contributed by atoms with van der Waals surface area (Å²) in [5, 5.41) is 11.8. The fraction of sp³-hybridized carbons (Fsp3) is 0.500. The zero-order valence-electron chi connectivity index (χ0n) is 11.3. The summed E-state index contributed by atoms with van der Waals surface area (Å²) in [5.74, 6) is 1.12. The molecule has 0 aliphatic heterocycles. The van der Waals surface area contributed by atoms with Gasteiger partial charge in [-0.05, 0) is 55.2 Å². The zero-order chi connectivity index (χ0) is 14.1. The van der Waals surface area contributed by atoms with Crippen molar-refractivity contribution < 1.29 is 14.7 Å². The minimum Gasteiger partial charge on any atom is -0.478 e. The average molecular weight is 273 g/mol. The first-order valence-electron chi connectivity index (χ1n) is 7.25. The smallest absolute Gasteiger partial charge is 0.335 e. The Kier molecular flexibility index (Phi) is 3.47. The molecule has 0 heterocycles. The summed E-state index contributed by atoms with van der Waals surface area (Å²) in [6.07, 6.45) is 5.67. The van der Waals surface area contributed by atoms with Crippen molar-refractivity contribution in [2.45, 2.75) is 32.1 Å². The Morgan fingerprint density at radius 3 is 2.75 bits per heavy atom. The van der Waals surface area contributed by atoms with Crippen LogP contribution in [-0.2, 0) is 4.79 Å². The largest absolute Gasteiger partial charge is 0.478 e. The molecule has 0 spiro atoms. The van der Waals surface area contributed by atoms with Crippen molar-refractivity contribution in [3.63, 3.8) is 0 Å². The van der Waals surface area contributed by atoms with Crippen LogP contribution in [0.5, 0.6) is 0 Å². The Labute approximate surface area is 118 Å². The summed E-state index contributed by atoms with van der Waals surface area (Å²) >= 11 is 0. The Hall–Kier alpha value is -1.84. The van der Waals surface area contributed by atoms with Crippen LogP contribution in [0, 0.1) is 17.8 Å². The number of aromatic carboxylic acids is 1. The molecule has 1 amide bonds. The Balaban J connectivity index is 1.59. The van der Waals surface area contributed by atoms with Gasteiger partial charge in [-0.25, -0.2) is 4.79 Å². The van der Waals surface area contributed by atoms with Crippen LogP contribution in [0.4, 0.5) is 5.69 Å². The van der Waals surface area contributed by atoms with Crippen molar-refractivity contribution in [2.24, 2.45) is 17.8 Å². The molecule has 106 valence electrons. The molecule has 20 heavy (non-hydrogen) atoms. The van der Waals surface area contributed by atoms with Crippen molar-refractivity contribution in [1.29, 1.82) is 0 Å². The fourth-order valence-electron chi connectivity index (χ4n) is 3.81. The highest BCUT2D eigenvalue weighted by Crippen LogP contribution is 2.49. The van der Waals surface area contributed by atoms with E-state index in [2.05, 4.69) is 5.32 Å². The third-order valence-corrected chi connectivity index (χ3v) is 4.73. The van der Waals surface area contributed by atoms with Gasteiger partial charge in [-0.3, -0.25) is 4.79 Å². The monoisotopic (exact) mass is 273 g/mol. The van der Waals surface area contributed by atoms with Gasteiger partial charge in [-0.2, -0.15) is 0 Å². The number of carbonyl (C=O) groups is 2. The lowest BCUT2D eigenvalue weighted by atomic mass is 9.86. The quantitative estimate of drug-likeness (QED) is 0.885. The van der Waals surface area contributed by atoms with Gasteiger partial charge in [0.2, 0.25) is 5.91 Å². The van der Waals surface area contributed by atoms with E-state index in [0.29, 0.717) is 18.0 Å². The summed E-state index contributed by atoms with van der Waals surface area (Å²) in [6.45, 7) is 0. The van der Waals surface area contributed by atoms with Gasteiger partial charge in [-0.1, -0.05) is 12.5 Å². The van der Waals surface area contributed by atoms with Gasteiger partial charge in [0.05, 0.1) is 5.56 Å². The van der Waals surface area contributed by atoms with Crippen LogP contribution in [-0.4, -0.2) is 17.0 Å². The Bertz CT molecular complexity index is 540. The lowest BCUT2D eigenvalue weighted by Crippen LogP contribution is -2.20. The van der Waals surface area contributed by atoms with Gasteiger partial charge in [0.25, 0.3) is 0 Å². The molecule has 2 bridgehead atoms. The van der Waals surface area contributed by atoms with E-state index in [1.165, 1.54) is 37.8 Å². The molecule has 1 aromatic rings. The molecule has 4 heteroatoms. The molecule has 2 aliphatic carbocycles. The van der Waals surface area contributed by atoms with Crippen molar-refractivity contribution in [3.05, 3.63) is 29.8 Å². The standard InChI is InChI=1S/C16H19NO3/c18-15(9-13-7-10-4-5-11(13)6-10)17-14-3-1-2-12(8-14)16(19)20/h1-3,8,10-11,13H,4-7,9H2,(H,17,18)(H,19,20). The second kappa shape index (κ2) is 5.27. The number of amides is 1. The molecule has 0 radical (unpaired) electrons. The lowest BCUT2D eigenvalue weighted by molar-refractivity contribution is -0.117. The van der Waals surface area contributed by atoms with Crippen LogP contribution in [0.2, 0.25) is 0 Å². The predicted octanol–water partition coefficient (Wildman–Crippen LogP) is 3.15. The molecular formula is C16H19NO3. The molecule has 2 fully saturated rings. The van der Waals surface area contributed by atoms with Gasteiger partial charge in [-0.15, -0.1) is 0 Å². The summed E-state index contributed by atoms with van der Waals surface area (Å²) in [7, 11) is 0. The van der Waals surface area contributed by atoms with Crippen molar-refractivity contribution in [2.75, 3.05) is 5.32 Å². The van der Waals surface area contributed by atoms with Crippen LogP contribution in [0.1, 0.15) is 42.5 Å². The van der Waals surface area contributed by atoms with Crippen LogP contribution >= 0.6 is 0 Å². The van der Waals surface area contributed by atoms with Gasteiger partial charge in [0, 0.05) is 12.1 Å². The maximum atomic E-state index is 12.1. The van der Waals surface area contributed by atoms with Crippen molar-refractivity contribution in [3.8, 4) is 0 Å². The minimum absolute atomic E-state index is 0.00471. The third kappa shape index (κ3) is 2.69. The van der Waals surface area contributed by atoms with E-state index in [0.717, 1.165) is 11.8 Å². The molecule has 3 unspecified atom stereocenters. The Morgan fingerprint density at radius 2 is 2.10 bits per heavy atom. The van der Waals surface area contributed by atoms with E-state index in [9.17, 15) is 9.59 Å². The van der Waals surface area contributed by atoms with E-state index in [4.69, 9.17) is 5.11 Å². The summed E-state index contributed by atoms with van der Waals surface area (Å²) < 4.78 is 0. The molecule has 0 saturated heterocycles. The minimum atomic E-state index is -0.978. The van der Waals surface area contributed by atoms with Crippen LogP contribution in [0.15, 0.2) is 24.3 Å². The molecule has 4 nitrogen and oxygen atoms in total. The van der Waals surface area contributed by atoms with Crippen molar-refractivity contribution >= 4 is 17.6 Å².